The molecule has 2 atom stereocenters. The van der Waals surface area contributed by atoms with E-state index in [1.165, 1.54) is 11.1 Å². The molecule has 0 spiro atoms. The summed E-state index contributed by atoms with van der Waals surface area (Å²) in [7, 11) is 3.31. The number of fused-ring (bicyclic) bond motifs is 1. The van der Waals surface area contributed by atoms with Gasteiger partial charge in [0.05, 0.1) is 20.3 Å². The molecule has 3 aromatic rings. The second-order valence-electron chi connectivity index (χ2n) is 8.34. The van der Waals surface area contributed by atoms with Crippen LogP contribution in [0.3, 0.4) is 0 Å². The summed E-state index contributed by atoms with van der Waals surface area (Å²) in [6.07, 6.45) is 6.46. The minimum absolute atomic E-state index is 0.0715. The van der Waals surface area contributed by atoms with Gasteiger partial charge in [0, 0.05) is 36.5 Å². The molecule has 0 saturated carbocycles. The van der Waals surface area contributed by atoms with Crippen molar-refractivity contribution >= 4 is 0 Å². The van der Waals surface area contributed by atoms with Crippen molar-refractivity contribution in [2.45, 2.75) is 38.8 Å². The molecule has 1 heterocycles. The number of aliphatic hydroxyl groups is 1. The quantitative estimate of drug-likeness (QED) is 0.588. The minimum Gasteiger partial charge on any atom is -0.496 e. The van der Waals surface area contributed by atoms with E-state index in [1.54, 1.807) is 14.2 Å². The van der Waals surface area contributed by atoms with Gasteiger partial charge in [0.15, 0.2) is 0 Å². The van der Waals surface area contributed by atoms with Gasteiger partial charge in [0.1, 0.15) is 11.5 Å². The second-order valence-corrected chi connectivity index (χ2v) is 8.34. The third kappa shape index (κ3) is 4.24. The van der Waals surface area contributed by atoms with Crippen LogP contribution in [0.2, 0.25) is 0 Å². The number of aliphatic hydroxyl groups excluding tert-OH is 1. The molecule has 30 heavy (non-hydrogen) atoms. The zero-order valence-electron chi connectivity index (χ0n) is 18.0. The Morgan fingerprint density at radius 3 is 2.27 bits per heavy atom. The molecule has 4 heteroatoms. The molecule has 0 fully saturated rings. The molecular formula is C26H30NO3. The highest BCUT2D eigenvalue weighted by molar-refractivity contribution is 5.48. The highest BCUT2D eigenvalue weighted by Gasteiger charge is 2.29. The average Bonchev–Trinajstić information content (AvgIpc) is 3.42. The third-order valence-corrected chi connectivity index (χ3v) is 6.38. The summed E-state index contributed by atoms with van der Waals surface area (Å²) < 4.78 is 13.2. The van der Waals surface area contributed by atoms with Gasteiger partial charge in [-0.25, -0.2) is 0 Å². The van der Waals surface area contributed by atoms with Crippen molar-refractivity contribution in [3.8, 4) is 11.5 Å². The summed E-state index contributed by atoms with van der Waals surface area (Å²) in [5.41, 5.74) is 4.68. The van der Waals surface area contributed by atoms with Crippen molar-refractivity contribution < 1.29 is 14.6 Å². The maximum Gasteiger partial charge on any atom is 0.125 e. The molecule has 4 rings (SSSR count). The van der Waals surface area contributed by atoms with Crippen molar-refractivity contribution in [3.05, 3.63) is 83.2 Å². The molecule has 0 bridgehead atoms. The Balaban J connectivity index is 1.59. The predicted molar refractivity (Wildman–Crippen MR) is 118 cm³/mol. The van der Waals surface area contributed by atoms with Gasteiger partial charge in [0.25, 0.3) is 0 Å². The number of nitrogens with zero attached hydrogens (tertiary/aromatic N) is 1. The lowest BCUT2D eigenvalue weighted by atomic mass is 9.85. The van der Waals surface area contributed by atoms with Gasteiger partial charge in [-0.05, 0) is 67.0 Å². The van der Waals surface area contributed by atoms with Crippen LogP contribution in [0.1, 0.15) is 34.8 Å². The Morgan fingerprint density at radius 1 is 1.10 bits per heavy atom. The zero-order chi connectivity index (χ0) is 21.1. The molecule has 0 aliphatic heterocycles. The first-order valence-corrected chi connectivity index (χ1v) is 10.6. The molecule has 1 aliphatic rings. The van der Waals surface area contributed by atoms with E-state index in [0.717, 1.165) is 48.4 Å². The standard InChI is InChI=1S/C26H30NO3/c1-18-24(29-2)15-22(16-25(18)30-3)26(28)23(17-27-10-6-7-11-27)14-19-12-20-8-4-5-9-21(20)13-19/h4-6,8-11,15-16,19,23,26,28H,12-14,17H2,1-3H3/t23-,26-/m1/s1. The van der Waals surface area contributed by atoms with E-state index in [1.807, 2.05) is 37.5 Å². The summed E-state index contributed by atoms with van der Waals surface area (Å²) >= 11 is 0. The average molecular weight is 405 g/mol. The second kappa shape index (κ2) is 8.97. The number of aromatic nitrogens is 1. The van der Waals surface area contributed by atoms with E-state index in [0.29, 0.717) is 5.92 Å². The van der Waals surface area contributed by atoms with E-state index < -0.39 is 6.10 Å². The zero-order valence-corrected chi connectivity index (χ0v) is 18.0. The lowest BCUT2D eigenvalue weighted by Crippen LogP contribution is -2.22. The highest BCUT2D eigenvalue weighted by Crippen LogP contribution is 2.39. The van der Waals surface area contributed by atoms with Crippen LogP contribution in [0.25, 0.3) is 0 Å². The Bertz CT molecular complexity index is 930. The van der Waals surface area contributed by atoms with E-state index in [9.17, 15) is 5.11 Å². The molecule has 1 aromatic heterocycles. The molecule has 0 amide bonds. The van der Waals surface area contributed by atoms with Crippen molar-refractivity contribution in [2.24, 2.45) is 11.8 Å². The van der Waals surface area contributed by atoms with Crippen molar-refractivity contribution in [2.75, 3.05) is 14.2 Å². The largest absolute Gasteiger partial charge is 0.496 e. The smallest absolute Gasteiger partial charge is 0.125 e. The maximum absolute atomic E-state index is 11.5. The van der Waals surface area contributed by atoms with Crippen molar-refractivity contribution in [1.29, 1.82) is 0 Å². The molecule has 1 radical (unpaired) electrons. The van der Waals surface area contributed by atoms with Crippen LogP contribution in [-0.4, -0.2) is 23.9 Å². The number of ether oxygens (including phenoxy) is 2. The van der Waals surface area contributed by atoms with Crippen LogP contribution in [0.5, 0.6) is 11.5 Å². The Morgan fingerprint density at radius 2 is 1.73 bits per heavy atom. The molecule has 1 N–H and O–H groups in total. The van der Waals surface area contributed by atoms with Crippen LogP contribution in [0.15, 0.2) is 54.9 Å². The summed E-state index contributed by atoms with van der Waals surface area (Å²) in [5.74, 6) is 2.09. The topological polar surface area (TPSA) is 43.6 Å². The Labute approximate surface area is 179 Å². The van der Waals surface area contributed by atoms with Crippen LogP contribution < -0.4 is 9.47 Å². The monoisotopic (exact) mass is 404 g/mol. The van der Waals surface area contributed by atoms with Crippen LogP contribution in [-0.2, 0) is 19.4 Å². The van der Waals surface area contributed by atoms with Gasteiger partial charge in [-0.3, -0.25) is 0 Å². The predicted octanol–water partition coefficient (Wildman–Crippen LogP) is 4.77. The molecule has 0 unspecified atom stereocenters. The van der Waals surface area contributed by atoms with Gasteiger partial charge in [-0.2, -0.15) is 0 Å². The van der Waals surface area contributed by atoms with E-state index in [2.05, 4.69) is 34.9 Å². The minimum atomic E-state index is -0.612. The number of hydrogen-bond donors (Lipinski definition) is 1. The first kappa shape index (κ1) is 20.5. The van der Waals surface area contributed by atoms with E-state index in [-0.39, 0.29) is 5.92 Å². The number of benzene rings is 2. The number of rotatable bonds is 8. The van der Waals surface area contributed by atoms with E-state index in [4.69, 9.17) is 9.47 Å². The van der Waals surface area contributed by atoms with Crippen LogP contribution in [0, 0.1) is 24.8 Å². The third-order valence-electron chi connectivity index (χ3n) is 6.38. The van der Waals surface area contributed by atoms with Crippen LogP contribution >= 0.6 is 0 Å². The fourth-order valence-corrected chi connectivity index (χ4v) is 4.80. The fraction of sp³-hybridized carbons (Fsp3) is 0.385. The van der Waals surface area contributed by atoms with E-state index >= 15 is 0 Å². The summed E-state index contributed by atoms with van der Waals surface area (Å²) in [4.78, 5) is 0. The normalized spacial score (nSPS) is 15.6. The van der Waals surface area contributed by atoms with Gasteiger partial charge in [-0.15, -0.1) is 0 Å². The molecule has 4 nitrogen and oxygen atoms in total. The van der Waals surface area contributed by atoms with Gasteiger partial charge >= 0.3 is 0 Å². The highest BCUT2D eigenvalue weighted by atomic mass is 16.5. The first-order chi connectivity index (χ1) is 14.6. The fourth-order valence-electron chi connectivity index (χ4n) is 4.80. The molecule has 157 valence electrons. The number of methoxy groups -OCH3 is 2. The van der Waals surface area contributed by atoms with Gasteiger partial charge in [0.2, 0.25) is 0 Å². The van der Waals surface area contributed by atoms with Crippen molar-refractivity contribution in [1.82, 2.24) is 4.57 Å². The Kier molecular flexibility index (Phi) is 6.14. The molecule has 1 aliphatic carbocycles. The summed E-state index contributed by atoms with van der Waals surface area (Å²) in [6, 6.07) is 17.6. The lowest BCUT2D eigenvalue weighted by Gasteiger charge is -2.27. The SMILES string of the molecule is COc1cc([C@@H](O)[C@H](CC2Cc3ccccc3C2)Cn2c[c]cc2)cc(OC)c1C. The number of hydrogen-bond acceptors (Lipinski definition) is 3. The van der Waals surface area contributed by atoms with Crippen LogP contribution in [0.4, 0.5) is 0 Å². The van der Waals surface area contributed by atoms with Gasteiger partial charge < -0.3 is 19.1 Å². The maximum atomic E-state index is 11.5. The summed E-state index contributed by atoms with van der Waals surface area (Å²) in [6.45, 7) is 2.72. The molecule has 2 aromatic carbocycles. The molecular weight excluding hydrogens is 374 g/mol. The van der Waals surface area contributed by atoms with Gasteiger partial charge in [-0.1, -0.05) is 24.3 Å². The molecule has 0 saturated heterocycles. The lowest BCUT2D eigenvalue weighted by molar-refractivity contribution is 0.0815. The first-order valence-electron chi connectivity index (χ1n) is 10.6. The van der Waals surface area contributed by atoms with Crippen molar-refractivity contribution in [3.63, 3.8) is 0 Å². The Hall–Kier alpha value is -2.72. The summed E-state index contributed by atoms with van der Waals surface area (Å²) in [5, 5.41) is 11.5.